The molecule has 0 aliphatic rings. The number of aryl methyl sites for hydroxylation is 3. The molecule has 1 atom stereocenters. The molecule has 0 aromatic heterocycles. The van der Waals surface area contributed by atoms with Crippen LogP contribution in [0.4, 0.5) is 5.69 Å². The first-order valence-electron chi connectivity index (χ1n) is 6.57. The van der Waals surface area contributed by atoms with Crippen LogP contribution in [0, 0.1) is 24.3 Å². The maximum atomic E-state index is 3.58. The first kappa shape index (κ1) is 14.4. The maximum Gasteiger partial charge on any atom is 0.0490 e. The fraction of sp³-hybridized carbons (Fsp3) is 0.294. The zero-order valence-corrected chi connectivity index (χ0v) is 14.1. The summed E-state index contributed by atoms with van der Waals surface area (Å²) in [6.45, 7) is 8.77. The van der Waals surface area contributed by atoms with Crippen LogP contribution in [0.5, 0.6) is 0 Å². The lowest BCUT2D eigenvalue weighted by Gasteiger charge is -2.21. The molecule has 0 spiro atoms. The van der Waals surface area contributed by atoms with Gasteiger partial charge >= 0.3 is 0 Å². The van der Waals surface area contributed by atoms with E-state index in [1.807, 2.05) is 0 Å². The molecular formula is C17H20IN. The standard InChI is InChI=1S/C17H20IN/c1-11-9-12(2)17(13(3)10-11)14(4)19-16-7-5-15(18)6-8-16/h5-10,14,19H,1-4H3. The SMILES string of the molecule is Cc1cc(C)c(C(C)Nc2ccc(I)cc2)c(C)c1. The van der Waals surface area contributed by atoms with Crippen molar-refractivity contribution in [3.05, 3.63) is 62.2 Å². The molecule has 0 bridgehead atoms. The third kappa shape index (κ3) is 3.50. The van der Waals surface area contributed by atoms with Crippen molar-refractivity contribution < 1.29 is 0 Å². The van der Waals surface area contributed by atoms with Gasteiger partial charge < -0.3 is 5.32 Å². The lowest BCUT2D eigenvalue weighted by molar-refractivity contribution is 0.862. The van der Waals surface area contributed by atoms with Crippen molar-refractivity contribution in [2.45, 2.75) is 33.7 Å². The minimum Gasteiger partial charge on any atom is -0.378 e. The molecule has 2 aromatic carbocycles. The van der Waals surface area contributed by atoms with E-state index >= 15 is 0 Å². The third-order valence-corrected chi connectivity index (χ3v) is 4.12. The van der Waals surface area contributed by atoms with E-state index in [2.05, 4.69) is 92.0 Å². The quantitative estimate of drug-likeness (QED) is 0.720. The van der Waals surface area contributed by atoms with Crippen molar-refractivity contribution in [2.24, 2.45) is 0 Å². The van der Waals surface area contributed by atoms with Gasteiger partial charge in [-0.1, -0.05) is 17.7 Å². The summed E-state index contributed by atoms with van der Waals surface area (Å²) in [7, 11) is 0. The zero-order chi connectivity index (χ0) is 14.0. The predicted molar refractivity (Wildman–Crippen MR) is 91.8 cm³/mol. The molecule has 0 heterocycles. The van der Waals surface area contributed by atoms with Gasteiger partial charge in [-0.05, 0) is 91.2 Å². The number of nitrogens with one attached hydrogen (secondary N) is 1. The van der Waals surface area contributed by atoms with Crippen molar-refractivity contribution in [2.75, 3.05) is 5.32 Å². The number of rotatable bonds is 3. The summed E-state index contributed by atoms with van der Waals surface area (Å²) in [4.78, 5) is 0. The summed E-state index contributed by atoms with van der Waals surface area (Å²) in [5.74, 6) is 0. The van der Waals surface area contributed by atoms with Crippen LogP contribution in [-0.4, -0.2) is 0 Å². The molecular weight excluding hydrogens is 345 g/mol. The molecule has 0 amide bonds. The first-order chi connectivity index (χ1) is 8.97. The molecule has 0 radical (unpaired) electrons. The van der Waals surface area contributed by atoms with Crippen LogP contribution in [0.15, 0.2) is 36.4 Å². The zero-order valence-electron chi connectivity index (χ0n) is 11.9. The smallest absolute Gasteiger partial charge is 0.0490 e. The van der Waals surface area contributed by atoms with Crippen LogP contribution in [-0.2, 0) is 0 Å². The molecule has 1 N–H and O–H groups in total. The van der Waals surface area contributed by atoms with E-state index in [0.717, 1.165) is 0 Å². The van der Waals surface area contributed by atoms with E-state index in [0.29, 0.717) is 6.04 Å². The fourth-order valence-corrected chi connectivity index (χ4v) is 3.10. The molecule has 0 saturated heterocycles. The van der Waals surface area contributed by atoms with Crippen LogP contribution in [0.3, 0.4) is 0 Å². The summed E-state index contributed by atoms with van der Waals surface area (Å²) >= 11 is 2.33. The van der Waals surface area contributed by atoms with Crippen LogP contribution < -0.4 is 5.32 Å². The normalized spacial score (nSPS) is 12.3. The molecule has 0 aliphatic heterocycles. The number of hydrogen-bond acceptors (Lipinski definition) is 1. The summed E-state index contributed by atoms with van der Waals surface area (Å²) < 4.78 is 1.26. The Labute approximate surface area is 129 Å². The van der Waals surface area contributed by atoms with Gasteiger partial charge in [0.2, 0.25) is 0 Å². The van der Waals surface area contributed by atoms with Gasteiger partial charge in [-0.15, -0.1) is 0 Å². The van der Waals surface area contributed by atoms with Crippen molar-refractivity contribution in [1.82, 2.24) is 0 Å². The molecule has 0 aliphatic carbocycles. The molecule has 19 heavy (non-hydrogen) atoms. The Hall–Kier alpha value is -1.03. The van der Waals surface area contributed by atoms with E-state index < -0.39 is 0 Å². The van der Waals surface area contributed by atoms with Gasteiger partial charge in [0.25, 0.3) is 0 Å². The summed E-state index contributed by atoms with van der Waals surface area (Å²) in [5, 5.41) is 3.58. The number of halogens is 1. The highest BCUT2D eigenvalue weighted by Gasteiger charge is 2.11. The largest absolute Gasteiger partial charge is 0.378 e. The Bertz CT molecular complexity index is 549. The number of anilines is 1. The van der Waals surface area contributed by atoms with Gasteiger partial charge in [0.15, 0.2) is 0 Å². The molecule has 100 valence electrons. The van der Waals surface area contributed by atoms with Gasteiger partial charge in [-0.2, -0.15) is 0 Å². The average molecular weight is 365 g/mol. The molecule has 2 rings (SSSR count). The van der Waals surface area contributed by atoms with E-state index in [9.17, 15) is 0 Å². The van der Waals surface area contributed by atoms with E-state index in [4.69, 9.17) is 0 Å². The Morgan fingerprint density at radius 3 is 2.00 bits per heavy atom. The third-order valence-electron chi connectivity index (χ3n) is 3.40. The van der Waals surface area contributed by atoms with Crippen LogP contribution in [0.2, 0.25) is 0 Å². The lowest BCUT2D eigenvalue weighted by atomic mass is 9.95. The number of hydrogen-bond donors (Lipinski definition) is 1. The van der Waals surface area contributed by atoms with E-state index in [1.165, 1.54) is 31.5 Å². The second-order valence-electron chi connectivity index (χ2n) is 5.19. The monoisotopic (exact) mass is 365 g/mol. The summed E-state index contributed by atoms with van der Waals surface area (Å²) in [5.41, 5.74) is 6.64. The Balaban J connectivity index is 2.25. The van der Waals surface area contributed by atoms with Crippen molar-refractivity contribution >= 4 is 28.3 Å². The second-order valence-corrected chi connectivity index (χ2v) is 6.43. The first-order valence-corrected chi connectivity index (χ1v) is 7.65. The van der Waals surface area contributed by atoms with Gasteiger partial charge in [0, 0.05) is 15.3 Å². The summed E-state index contributed by atoms with van der Waals surface area (Å²) in [6.07, 6.45) is 0. The molecule has 1 unspecified atom stereocenters. The topological polar surface area (TPSA) is 12.0 Å². The van der Waals surface area contributed by atoms with Crippen molar-refractivity contribution in [1.29, 1.82) is 0 Å². The highest BCUT2D eigenvalue weighted by Crippen LogP contribution is 2.26. The van der Waals surface area contributed by atoms with Crippen LogP contribution >= 0.6 is 22.6 Å². The van der Waals surface area contributed by atoms with Gasteiger partial charge in [0.05, 0.1) is 0 Å². The highest BCUT2D eigenvalue weighted by atomic mass is 127. The lowest BCUT2D eigenvalue weighted by Crippen LogP contribution is -2.10. The van der Waals surface area contributed by atoms with Gasteiger partial charge in [-0.25, -0.2) is 0 Å². The van der Waals surface area contributed by atoms with Gasteiger partial charge in [0.1, 0.15) is 0 Å². The summed E-state index contributed by atoms with van der Waals surface area (Å²) in [6, 6.07) is 13.4. The number of benzene rings is 2. The highest BCUT2D eigenvalue weighted by molar-refractivity contribution is 14.1. The van der Waals surface area contributed by atoms with Crippen molar-refractivity contribution in [3.8, 4) is 0 Å². The Kier molecular flexibility index (Phi) is 4.50. The van der Waals surface area contributed by atoms with E-state index in [-0.39, 0.29) is 0 Å². The molecule has 1 nitrogen and oxygen atoms in total. The predicted octanol–water partition coefficient (Wildman–Crippen LogP) is 5.39. The average Bonchev–Trinajstić information content (AvgIpc) is 2.30. The minimum absolute atomic E-state index is 0.320. The van der Waals surface area contributed by atoms with Gasteiger partial charge in [-0.3, -0.25) is 0 Å². The molecule has 2 heteroatoms. The van der Waals surface area contributed by atoms with E-state index in [1.54, 1.807) is 0 Å². The minimum atomic E-state index is 0.320. The molecule has 0 fully saturated rings. The molecule has 2 aromatic rings. The molecule has 0 saturated carbocycles. The Morgan fingerprint density at radius 2 is 1.47 bits per heavy atom. The van der Waals surface area contributed by atoms with Crippen molar-refractivity contribution in [3.63, 3.8) is 0 Å². The Morgan fingerprint density at radius 1 is 0.947 bits per heavy atom. The maximum absolute atomic E-state index is 3.58. The second kappa shape index (κ2) is 5.95. The van der Waals surface area contributed by atoms with Crippen LogP contribution in [0.1, 0.15) is 35.2 Å². The van der Waals surface area contributed by atoms with Crippen LogP contribution in [0.25, 0.3) is 0 Å². The fourth-order valence-electron chi connectivity index (χ4n) is 2.74.